The zero-order valence-corrected chi connectivity index (χ0v) is 10.0. The molecule has 2 rings (SSSR count). The van der Waals surface area contributed by atoms with Gasteiger partial charge in [0.25, 0.3) is 0 Å². The van der Waals surface area contributed by atoms with Crippen LogP contribution in [0.5, 0.6) is 0 Å². The van der Waals surface area contributed by atoms with E-state index < -0.39 is 0 Å². The van der Waals surface area contributed by atoms with Crippen LogP contribution in [0.3, 0.4) is 0 Å². The van der Waals surface area contributed by atoms with Gasteiger partial charge in [0.1, 0.15) is 0 Å². The molecule has 1 N–H and O–H groups in total. The summed E-state index contributed by atoms with van der Waals surface area (Å²) in [5.74, 6) is -0.0432. The summed E-state index contributed by atoms with van der Waals surface area (Å²) in [5, 5.41) is 2.84. The first kappa shape index (κ1) is 11.4. The summed E-state index contributed by atoms with van der Waals surface area (Å²) in [6, 6.07) is 16.1. The minimum Gasteiger partial charge on any atom is -0.326 e. The third-order valence-corrected chi connectivity index (χ3v) is 2.73. The smallest absolute Gasteiger partial charge is 0.221 e. The highest BCUT2D eigenvalue weighted by Gasteiger charge is 2.06. The Kier molecular flexibility index (Phi) is 3.24. The van der Waals surface area contributed by atoms with E-state index in [0.717, 1.165) is 22.4 Å². The number of amides is 1. The van der Waals surface area contributed by atoms with E-state index in [0.29, 0.717) is 0 Å². The van der Waals surface area contributed by atoms with Crippen molar-refractivity contribution in [3.63, 3.8) is 0 Å². The van der Waals surface area contributed by atoms with Gasteiger partial charge < -0.3 is 5.32 Å². The van der Waals surface area contributed by atoms with E-state index in [2.05, 4.69) is 23.5 Å². The first-order chi connectivity index (χ1) is 8.18. The molecule has 2 heteroatoms. The molecule has 2 nitrogen and oxygen atoms in total. The standard InChI is InChI=1S/C15H15NO/c1-11-14(13-7-4-3-5-8-13)9-6-10-15(11)16-12(2)17/h3-10H,1-2H3,(H,16,17). The predicted octanol–water partition coefficient (Wildman–Crippen LogP) is 3.62. The van der Waals surface area contributed by atoms with Crippen molar-refractivity contribution in [3.8, 4) is 11.1 Å². The molecule has 0 aromatic heterocycles. The number of hydrogen-bond donors (Lipinski definition) is 1. The molecular formula is C15H15NO. The van der Waals surface area contributed by atoms with Crippen LogP contribution in [0.2, 0.25) is 0 Å². The fraction of sp³-hybridized carbons (Fsp3) is 0.133. The van der Waals surface area contributed by atoms with Gasteiger partial charge in [0.2, 0.25) is 5.91 Å². The lowest BCUT2D eigenvalue weighted by molar-refractivity contribution is -0.114. The van der Waals surface area contributed by atoms with Crippen LogP contribution in [0.4, 0.5) is 5.69 Å². The molecule has 1 amide bonds. The van der Waals surface area contributed by atoms with Crippen LogP contribution in [0.15, 0.2) is 48.5 Å². The van der Waals surface area contributed by atoms with Crippen LogP contribution in [0, 0.1) is 6.92 Å². The zero-order valence-electron chi connectivity index (χ0n) is 10.0. The van der Waals surface area contributed by atoms with Crippen molar-refractivity contribution in [2.75, 3.05) is 5.32 Å². The van der Waals surface area contributed by atoms with Gasteiger partial charge in [-0.3, -0.25) is 4.79 Å². The van der Waals surface area contributed by atoms with Crippen LogP contribution < -0.4 is 5.32 Å². The van der Waals surface area contributed by atoms with Crippen LogP contribution in [0.1, 0.15) is 12.5 Å². The Labute approximate surface area is 101 Å². The topological polar surface area (TPSA) is 29.1 Å². The lowest BCUT2D eigenvalue weighted by atomic mass is 9.99. The Hall–Kier alpha value is -2.09. The highest BCUT2D eigenvalue weighted by Crippen LogP contribution is 2.28. The molecular weight excluding hydrogens is 210 g/mol. The predicted molar refractivity (Wildman–Crippen MR) is 70.9 cm³/mol. The number of hydrogen-bond acceptors (Lipinski definition) is 1. The minimum absolute atomic E-state index is 0.0432. The second kappa shape index (κ2) is 4.83. The van der Waals surface area contributed by atoms with Gasteiger partial charge in [0.05, 0.1) is 0 Å². The molecule has 0 bridgehead atoms. The monoisotopic (exact) mass is 225 g/mol. The molecule has 0 unspecified atom stereocenters. The maximum atomic E-state index is 11.1. The summed E-state index contributed by atoms with van der Waals surface area (Å²) in [5.41, 5.74) is 4.28. The van der Waals surface area contributed by atoms with Crippen molar-refractivity contribution in [2.24, 2.45) is 0 Å². The second-order valence-corrected chi connectivity index (χ2v) is 4.03. The highest BCUT2D eigenvalue weighted by atomic mass is 16.1. The fourth-order valence-electron chi connectivity index (χ4n) is 1.89. The lowest BCUT2D eigenvalue weighted by Gasteiger charge is -2.11. The molecule has 0 aliphatic rings. The largest absolute Gasteiger partial charge is 0.326 e. The van der Waals surface area contributed by atoms with Crippen LogP contribution in [0.25, 0.3) is 11.1 Å². The van der Waals surface area contributed by atoms with Crippen LogP contribution in [-0.4, -0.2) is 5.91 Å². The summed E-state index contributed by atoms with van der Waals surface area (Å²) < 4.78 is 0. The van der Waals surface area contributed by atoms with E-state index in [4.69, 9.17) is 0 Å². The van der Waals surface area contributed by atoms with Crippen LogP contribution >= 0.6 is 0 Å². The SMILES string of the molecule is CC(=O)Nc1cccc(-c2ccccc2)c1C. The molecule has 0 fully saturated rings. The van der Waals surface area contributed by atoms with Gasteiger partial charge in [0.15, 0.2) is 0 Å². The van der Waals surface area contributed by atoms with E-state index in [1.54, 1.807) is 0 Å². The van der Waals surface area contributed by atoms with Crippen molar-refractivity contribution in [3.05, 3.63) is 54.1 Å². The number of carbonyl (C=O) groups is 1. The van der Waals surface area contributed by atoms with E-state index in [1.165, 1.54) is 6.92 Å². The fourth-order valence-corrected chi connectivity index (χ4v) is 1.89. The molecule has 0 atom stereocenters. The Bertz CT molecular complexity index is 532. The van der Waals surface area contributed by atoms with Crippen molar-refractivity contribution in [1.29, 1.82) is 0 Å². The summed E-state index contributed by atoms with van der Waals surface area (Å²) in [4.78, 5) is 11.1. The van der Waals surface area contributed by atoms with E-state index in [9.17, 15) is 4.79 Å². The normalized spacial score (nSPS) is 10.0. The number of nitrogens with one attached hydrogen (secondary N) is 1. The van der Waals surface area contributed by atoms with Gasteiger partial charge in [-0.25, -0.2) is 0 Å². The molecule has 17 heavy (non-hydrogen) atoms. The first-order valence-electron chi connectivity index (χ1n) is 5.61. The first-order valence-corrected chi connectivity index (χ1v) is 5.61. The average Bonchev–Trinajstić information content (AvgIpc) is 2.32. The quantitative estimate of drug-likeness (QED) is 0.831. The summed E-state index contributed by atoms with van der Waals surface area (Å²) in [7, 11) is 0. The number of benzene rings is 2. The van der Waals surface area contributed by atoms with E-state index >= 15 is 0 Å². The highest BCUT2D eigenvalue weighted by molar-refractivity contribution is 5.91. The Morgan fingerprint density at radius 3 is 2.35 bits per heavy atom. The zero-order chi connectivity index (χ0) is 12.3. The van der Waals surface area contributed by atoms with Gasteiger partial charge in [-0.1, -0.05) is 42.5 Å². The number of rotatable bonds is 2. The molecule has 0 heterocycles. The van der Waals surface area contributed by atoms with Gasteiger partial charge in [0, 0.05) is 12.6 Å². The third kappa shape index (κ3) is 2.53. The maximum Gasteiger partial charge on any atom is 0.221 e. The van der Waals surface area contributed by atoms with Crippen LogP contribution in [-0.2, 0) is 4.79 Å². The average molecular weight is 225 g/mol. The maximum absolute atomic E-state index is 11.1. The Morgan fingerprint density at radius 1 is 1.00 bits per heavy atom. The van der Waals surface area contributed by atoms with Gasteiger partial charge in [-0.05, 0) is 29.7 Å². The number of anilines is 1. The van der Waals surface area contributed by atoms with Gasteiger partial charge >= 0.3 is 0 Å². The number of carbonyl (C=O) groups excluding carboxylic acids is 1. The minimum atomic E-state index is -0.0432. The molecule has 0 saturated heterocycles. The van der Waals surface area contributed by atoms with Gasteiger partial charge in [-0.2, -0.15) is 0 Å². The molecule has 2 aromatic rings. The molecule has 0 aliphatic heterocycles. The molecule has 0 radical (unpaired) electrons. The third-order valence-electron chi connectivity index (χ3n) is 2.73. The summed E-state index contributed by atoms with van der Waals surface area (Å²) in [6.07, 6.45) is 0. The summed E-state index contributed by atoms with van der Waals surface area (Å²) >= 11 is 0. The Balaban J connectivity index is 2.46. The summed E-state index contributed by atoms with van der Waals surface area (Å²) in [6.45, 7) is 3.54. The molecule has 86 valence electrons. The van der Waals surface area contributed by atoms with Crippen molar-refractivity contribution < 1.29 is 4.79 Å². The van der Waals surface area contributed by atoms with E-state index in [-0.39, 0.29) is 5.91 Å². The molecule has 0 spiro atoms. The molecule has 0 saturated carbocycles. The molecule has 0 aliphatic carbocycles. The van der Waals surface area contributed by atoms with Gasteiger partial charge in [-0.15, -0.1) is 0 Å². The second-order valence-electron chi connectivity index (χ2n) is 4.03. The Morgan fingerprint density at radius 2 is 1.71 bits per heavy atom. The molecule has 2 aromatic carbocycles. The van der Waals surface area contributed by atoms with Crippen molar-refractivity contribution in [1.82, 2.24) is 0 Å². The van der Waals surface area contributed by atoms with E-state index in [1.807, 2.05) is 37.3 Å². The van der Waals surface area contributed by atoms with Crippen molar-refractivity contribution in [2.45, 2.75) is 13.8 Å². The lowest BCUT2D eigenvalue weighted by Crippen LogP contribution is -2.07. The van der Waals surface area contributed by atoms with Crippen molar-refractivity contribution >= 4 is 11.6 Å².